The van der Waals surface area contributed by atoms with Crippen LogP contribution in [0.3, 0.4) is 0 Å². The van der Waals surface area contributed by atoms with Crippen LogP contribution in [-0.4, -0.2) is 41.7 Å². The van der Waals surface area contributed by atoms with Crippen molar-refractivity contribution in [1.82, 2.24) is 9.47 Å². The summed E-state index contributed by atoms with van der Waals surface area (Å²) in [4.78, 5) is 14.8. The second kappa shape index (κ2) is 7.34. The molecule has 1 saturated carbocycles. The number of fused-ring (bicyclic) bond motifs is 1. The van der Waals surface area contributed by atoms with Crippen molar-refractivity contribution in [3.8, 4) is 0 Å². The molecule has 2 aromatic carbocycles. The van der Waals surface area contributed by atoms with Crippen LogP contribution in [-0.2, 0) is 21.5 Å². The molecule has 150 valence electrons. The summed E-state index contributed by atoms with van der Waals surface area (Å²) >= 11 is 0. The summed E-state index contributed by atoms with van der Waals surface area (Å²) in [5.74, 6) is 0.179. The number of hydrogen-bond donors (Lipinski definition) is 0. The summed E-state index contributed by atoms with van der Waals surface area (Å²) in [6.07, 6.45) is 5.84. The lowest BCUT2D eigenvalue weighted by Crippen LogP contribution is -2.42. The highest BCUT2D eigenvalue weighted by Gasteiger charge is 2.42. The molecule has 1 amide bonds. The van der Waals surface area contributed by atoms with Crippen LogP contribution in [0.4, 0.5) is 0 Å². The number of ether oxygens (including phenoxy) is 1. The summed E-state index contributed by atoms with van der Waals surface area (Å²) in [5, 5.41) is 1.28. The van der Waals surface area contributed by atoms with Gasteiger partial charge in [0.2, 0.25) is 5.91 Å². The minimum Gasteiger partial charge on any atom is -0.378 e. The molecule has 0 spiro atoms. The van der Waals surface area contributed by atoms with Crippen LogP contribution >= 0.6 is 0 Å². The van der Waals surface area contributed by atoms with E-state index in [1.165, 1.54) is 41.3 Å². The number of aromatic nitrogens is 1. The molecule has 4 nitrogen and oxygen atoms in total. The molecule has 2 aliphatic rings. The van der Waals surface area contributed by atoms with Crippen molar-refractivity contribution >= 4 is 16.8 Å². The molecule has 0 bridgehead atoms. The molecular formula is C25H28N2O2. The van der Waals surface area contributed by atoms with E-state index in [4.69, 9.17) is 4.74 Å². The van der Waals surface area contributed by atoms with Crippen molar-refractivity contribution < 1.29 is 9.53 Å². The van der Waals surface area contributed by atoms with Crippen LogP contribution in [0.5, 0.6) is 0 Å². The maximum atomic E-state index is 12.9. The summed E-state index contributed by atoms with van der Waals surface area (Å²) in [7, 11) is 0. The smallest absolute Gasteiger partial charge is 0.242 e. The molecule has 0 atom stereocenters. The first-order chi connectivity index (χ1) is 14.2. The minimum atomic E-state index is 0.0700. The Morgan fingerprint density at radius 1 is 1.03 bits per heavy atom. The van der Waals surface area contributed by atoms with E-state index in [1.807, 2.05) is 4.90 Å². The van der Waals surface area contributed by atoms with Crippen molar-refractivity contribution in [3.63, 3.8) is 0 Å². The Hall–Kier alpha value is -2.59. The van der Waals surface area contributed by atoms with Crippen LogP contribution in [0.2, 0.25) is 0 Å². The Bertz CT molecular complexity index is 1020. The third-order valence-corrected chi connectivity index (χ3v) is 6.78. The zero-order chi connectivity index (χ0) is 19.8. The van der Waals surface area contributed by atoms with Gasteiger partial charge in [-0.2, -0.15) is 0 Å². The molecule has 1 aliphatic carbocycles. The largest absolute Gasteiger partial charge is 0.378 e. The standard InChI is InChI=1S/C25H28N2O2/c1-19-7-9-20(10-8-19)25(11-4-12-25)22-17-27(23-6-3-2-5-21(22)23)18-24(28)26-13-15-29-16-14-26/h2-3,5-10,17H,4,11-16,18H2,1H3. The lowest BCUT2D eigenvalue weighted by Gasteiger charge is -2.43. The van der Waals surface area contributed by atoms with Gasteiger partial charge in [0.25, 0.3) is 0 Å². The summed E-state index contributed by atoms with van der Waals surface area (Å²) < 4.78 is 7.56. The number of benzene rings is 2. The number of hydrogen-bond acceptors (Lipinski definition) is 2. The molecular weight excluding hydrogens is 360 g/mol. The lowest BCUT2D eigenvalue weighted by atomic mass is 9.60. The molecule has 2 heterocycles. The maximum absolute atomic E-state index is 12.9. The molecule has 0 radical (unpaired) electrons. The van der Waals surface area contributed by atoms with Gasteiger partial charge in [-0.25, -0.2) is 0 Å². The zero-order valence-corrected chi connectivity index (χ0v) is 17.1. The topological polar surface area (TPSA) is 34.5 Å². The van der Waals surface area contributed by atoms with Crippen molar-refractivity contribution in [2.45, 2.75) is 38.1 Å². The fraction of sp³-hybridized carbons (Fsp3) is 0.400. The zero-order valence-electron chi connectivity index (χ0n) is 17.1. The average Bonchev–Trinajstić information content (AvgIpc) is 3.08. The van der Waals surface area contributed by atoms with Gasteiger partial charge in [0.1, 0.15) is 6.54 Å². The van der Waals surface area contributed by atoms with E-state index >= 15 is 0 Å². The molecule has 2 fully saturated rings. The van der Waals surface area contributed by atoms with Gasteiger partial charge in [0.05, 0.1) is 13.2 Å². The van der Waals surface area contributed by atoms with E-state index in [1.54, 1.807) is 0 Å². The molecule has 3 aromatic rings. The van der Waals surface area contributed by atoms with Crippen LogP contribution in [0, 0.1) is 6.92 Å². The summed E-state index contributed by atoms with van der Waals surface area (Å²) in [5.41, 5.74) is 5.29. The SMILES string of the molecule is Cc1ccc(C2(c3cn(CC(=O)N4CCOCC4)c4ccccc34)CCC2)cc1. The Morgan fingerprint density at radius 3 is 2.45 bits per heavy atom. The van der Waals surface area contributed by atoms with Crippen LogP contribution in [0.1, 0.15) is 36.0 Å². The quantitative estimate of drug-likeness (QED) is 0.669. The molecule has 29 heavy (non-hydrogen) atoms. The molecule has 1 aromatic heterocycles. The number of nitrogens with zero attached hydrogens (tertiary/aromatic N) is 2. The van der Waals surface area contributed by atoms with Crippen LogP contribution < -0.4 is 0 Å². The second-order valence-electron chi connectivity index (χ2n) is 8.48. The molecule has 0 unspecified atom stereocenters. The monoisotopic (exact) mass is 388 g/mol. The van der Waals surface area contributed by atoms with E-state index in [0.29, 0.717) is 32.8 Å². The summed E-state index contributed by atoms with van der Waals surface area (Å²) in [6, 6.07) is 17.6. The number of amides is 1. The van der Waals surface area contributed by atoms with Crippen molar-refractivity contribution in [3.05, 3.63) is 71.4 Å². The number of carbonyl (C=O) groups is 1. The first-order valence-corrected chi connectivity index (χ1v) is 10.7. The third-order valence-electron chi connectivity index (χ3n) is 6.78. The number of aryl methyl sites for hydroxylation is 1. The fourth-order valence-electron chi connectivity index (χ4n) is 4.93. The molecule has 1 aliphatic heterocycles. The van der Waals surface area contributed by atoms with Gasteiger partial charge in [0, 0.05) is 35.6 Å². The van der Waals surface area contributed by atoms with Gasteiger partial charge in [0.15, 0.2) is 0 Å². The van der Waals surface area contributed by atoms with Gasteiger partial charge in [-0.1, -0.05) is 54.4 Å². The Labute approximate surface area is 172 Å². The van der Waals surface area contributed by atoms with E-state index in [9.17, 15) is 4.79 Å². The van der Waals surface area contributed by atoms with Gasteiger partial charge < -0.3 is 14.2 Å². The molecule has 1 saturated heterocycles. The van der Waals surface area contributed by atoms with E-state index in [-0.39, 0.29) is 11.3 Å². The van der Waals surface area contributed by atoms with E-state index in [2.05, 4.69) is 66.2 Å². The molecule has 0 N–H and O–H groups in total. The number of para-hydroxylation sites is 1. The first-order valence-electron chi connectivity index (χ1n) is 10.7. The van der Waals surface area contributed by atoms with Crippen LogP contribution in [0.25, 0.3) is 10.9 Å². The Kier molecular flexibility index (Phi) is 4.67. The van der Waals surface area contributed by atoms with Gasteiger partial charge in [-0.3, -0.25) is 4.79 Å². The normalized spacial score (nSPS) is 18.6. The van der Waals surface area contributed by atoms with Gasteiger partial charge in [-0.05, 0) is 37.0 Å². The number of morpholine rings is 1. The highest BCUT2D eigenvalue weighted by molar-refractivity contribution is 5.88. The lowest BCUT2D eigenvalue weighted by molar-refractivity contribution is -0.135. The van der Waals surface area contributed by atoms with Gasteiger partial charge in [-0.15, -0.1) is 0 Å². The fourth-order valence-corrected chi connectivity index (χ4v) is 4.93. The van der Waals surface area contributed by atoms with Crippen molar-refractivity contribution in [2.24, 2.45) is 0 Å². The van der Waals surface area contributed by atoms with Gasteiger partial charge >= 0.3 is 0 Å². The minimum absolute atomic E-state index is 0.0700. The predicted molar refractivity (Wildman–Crippen MR) is 115 cm³/mol. The second-order valence-corrected chi connectivity index (χ2v) is 8.48. The Morgan fingerprint density at radius 2 is 1.76 bits per heavy atom. The summed E-state index contributed by atoms with van der Waals surface area (Å²) in [6.45, 7) is 5.20. The number of carbonyl (C=O) groups excluding carboxylic acids is 1. The Balaban J connectivity index is 1.54. The number of rotatable bonds is 4. The third kappa shape index (κ3) is 3.16. The van der Waals surface area contributed by atoms with Crippen LogP contribution in [0.15, 0.2) is 54.7 Å². The van der Waals surface area contributed by atoms with Crippen molar-refractivity contribution in [2.75, 3.05) is 26.3 Å². The average molecular weight is 389 g/mol. The van der Waals surface area contributed by atoms with E-state index < -0.39 is 0 Å². The molecule has 5 rings (SSSR count). The highest BCUT2D eigenvalue weighted by Crippen LogP contribution is 2.51. The first kappa shape index (κ1) is 18.4. The predicted octanol–water partition coefficient (Wildman–Crippen LogP) is 4.28. The molecule has 4 heteroatoms. The van der Waals surface area contributed by atoms with Crippen molar-refractivity contribution in [1.29, 1.82) is 0 Å². The highest BCUT2D eigenvalue weighted by atomic mass is 16.5. The van der Waals surface area contributed by atoms with E-state index in [0.717, 1.165) is 5.52 Å². The maximum Gasteiger partial charge on any atom is 0.242 e.